The summed E-state index contributed by atoms with van der Waals surface area (Å²) in [6.07, 6.45) is 0.673. The van der Waals surface area contributed by atoms with Crippen molar-refractivity contribution in [3.05, 3.63) is 95.6 Å². The van der Waals surface area contributed by atoms with Gasteiger partial charge in [-0.2, -0.15) is 4.98 Å². The van der Waals surface area contributed by atoms with Crippen LogP contribution >= 0.6 is 11.8 Å². The zero-order valence-electron chi connectivity index (χ0n) is 18.5. The first-order valence-corrected chi connectivity index (χ1v) is 11.7. The number of aryl methyl sites for hydroxylation is 1. The Labute approximate surface area is 197 Å². The van der Waals surface area contributed by atoms with Gasteiger partial charge in [0.05, 0.1) is 11.3 Å². The number of thioether (sulfide) groups is 1. The molecule has 0 bridgehead atoms. The molecule has 0 fully saturated rings. The molecule has 2 heterocycles. The smallest absolute Gasteiger partial charge is 0.237 e. The van der Waals surface area contributed by atoms with Gasteiger partial charge >= 0.3 is 0 Å². The Bertz CT molecular complexity index is 1310. The maximum absolute atomic E-state index is 12.9. The first kappa shape index (κ1) is 21.2. The number of hydrogen-bond acceptors (Lipinski definition) is 5. The molecule has 1 aliphatic heterocycles. The lowest BCUT2D eigenvalue weighted by Crippen LogP contribution is -2.28. The average molecular weight is 454 g/mol. The zero-order valence-corrected chi connectivity index (χ0v) is 19.3. The van der Waals surface area contributed by atoms with Crippen LogP contribution in [0.1, 0.15) is 16.7 Å². The molecule has 0 unspecified atom stereocenters. The van der Waals surface area contributed by atoms with Crippen LogP contribution in [0, 0.1) is 6.92 Å². The fraction of sp³-hybridized carbons (Fsp3) is 0.148. The van der Waals surface area contributed by atoms with Gasteiger partial charge in [-0.25, -0.2) is 4.98 Å². The van der Waals surface area contributed by atoms with Crippen LogP contribution in [-0.2, 0) is 11.2 Å². The number of nitrogens with zero attached hydrogens (tertiary/aromatic N) is 3. The topological polar surface area (TPSA) is 55.3 Å². The molecule has 33 heavy (non-hydrogen) atoms. The van der Waals surface area contributed by atoms with Crippen LogP contribution in [0.4, 0.5) is 5.69 Å². The molecular formula is C27H23N3O2S. The first-order chi connectivity index (χ1) is 16.1. The van der Waals surface area contributed by atoms with Crippen LogP contribution < -0.4 is 9.64 Å². The van der Waals surface area contributed by atoms with Crippen molar-refractivity contribution in [3.8, 4) is 23.0 Å². The number of ether oxygens (including phenoxy) is 1. The van der Waals surface area contributed by atoms with Crippen LogP contribution in [0.25, 0.3) is 11.4 Å². The van der Waals surface area contributed by atoms with Crippen LogP contribution in [0.5, 0.6) is 11.6 Å². The van der Waals surface area contributed by atoms with Crippen molar-refractivity contribution in [3.63, 3.8) is 0 Å². The summed E-state index contributed by atoms with van der Waals surface area (Å²) in [5.74, 6) is 2.25. The summed E-state index contributed by atoms with van der Waals surface area (Å²) in [6.45, 7) is 2.07. The number of aromatic nitrogens is 2. The minimum absolute atomic E-state index is 0.00722. The molecule has 1 aromatic heterocycles. The van der Waals surface area contributed by atoms with E-state index in [2.05, 4.69) is 13.0 Å². The van der Waals surface area contributed by atoms with E-state index in [9.17, 15) is 4.79 Å². The molecular weight excluding hydrogens is 430 g/mol. The van der Waals surface area contributed by atoms with Crippen molar-refractivity contribution in [2.45, 2.75) is 18.4 Å². The second kappa shape index (κ2) is 9.08. The second-order valence-corrected chi connectivity index (χ2v) is 8.93. The van der Waals surface area contributed by atoms with Gasteiger partial charge in [-0.05, 0) is 30.7 Å². The number of rotatable bonds is 5. The van der Waals surface area contributed by atoms with Crippen molar-refractivity contribution in [2.75, 3.05) is 17.7 Å². The van der Waals surface area contributed by atoms with Crippen LogP contribution in [0.2, 0.25) is 0 Å². The number of amides is 1. The number of anilines is 1. The van der Waals surface area contributed by atoms with E-state index in [1.54, 1.807) is 11.9 Å². The monoisotopic (exact) mass is 453 g/mol. The van der Waals surface area contributed by atoms with Gasteiger partial charge in [0.15, 0.2) is 5.82 Å². The third kappa shape index (κ3) is 4.47. The number of fused-ring (bicyclic) bond motifs is 2. The number of hydrogen-bond donors (Lipinski definition) is 0. The number of carbonyl (C=O) groups excluding carboxylic acids is 1. The maximum Gasteiger partial charge on any atom is 0.237 e. The fourth-order valence-corrected chi connectivity index (χ4v) is 4.72. The predicted octanol–water partition coefficient (Wildman–Crippen LogP) is 5.90. The van der Waals surface area contributed by atoms with Crippen molar-refractivity contribution >= 4 is 23.4 Å². The fourth-order valence-electron chi connectivity index (χ4n) is 3.78. The van der Waals surface area contributed by atoms with E-state index in [4.69, 9.17) is 14.7 Å². The van der Waals surface area contributed by atoms with Gasteiger partial charge < -0.3 is 9.64 Å². The normalized spacial score (nSPS) is 11.8. The Balaban J connectivity index is 1.47. The van der Waals surface area contributed by atoms with E-state index in [0.29, 0.717) is 18.1 Å². The van der Waals surface area contributed by atoms with Crippen LogP contribution in [0.3, 0.4) is 0 Å². The minimum Gasteiger partial charge on any atom is -0.438 e. The lowest BCUT2D eigenvalue weighted by Gasteiger charge is -2.22. The molecule has 0 atom stereocenters. The lowest BCUT2D eigenvalue weighted by molar-refractivity contribution is -0.115. The highest BCUT2D eigenvalue weighted by Crippen LogP contribution is 2.40. The van der Waals surface area contributed by atoms with E-state index >= 15 is 0 Å². The lowest BCUT2D eigenvalue weighted by atomic mass is 10.0. The Morgan fingerprint density at radius 2 is 1.73 bits per heavy atom. The van der Waals surface area contributed by atoms with E-state index in [1.807, 2.05) is 72.8 Å². The Kier molecular flexibility index (Phi) is 5.84. The minimum atomic E-state index is 0.00722. The molecule has 1 amide bonds. The number of benzene rings is 3. The van der Waals surface area contributed by atoms with Crippen molar-refractivity contribution < 1.29 is 9.53 Å². The van der Waals surface area contributed by atoms with Crippen LogP contribution in [0.15, 0.2) is 83.9 Å². The van der Waals surface area contributed by atoms with Gasteiger partial charge in [0.1, 0.15) is 10.8 Å². The predicted molar refractivity (Wildman–Crippen MR) is 132 cm³/mol. The van der Waals surface area contributed by atoms with Crippen molar-refractivity contribution in [1.82, 2.24) is 9.97 Å². The van der Waals surface area contributed by atoms with Gasteiger partial charge in [0.25, 0.3) is 0 Å². The molecule has 164 valence electrons. The zero-order chi connectivity index (χ0) is 22.8. The van der Waals surface area contributed by atoms with E-state index in [-0.39, 0.29) is 11.7 Å². The highest BCUT2D eigenvalue weighted by molar-refractivity contribution is 8.00. The standard InChI is InChI=1S/C27H23N3O2S/c1-18-13-14-23-20(15-18)16-22-26(32-23)28-25(19-9-5-3-6-10-19)29-27(22)33-17-24(31)30(2)21-11-7-4-8-12-21/h3-15H,16-17H2,1-2H3. The van der Waals surface area contributed by atoms with Gasteiger partial charge in [-0.15, -0.1) is 0 Å². The average Bonchev–Trinajstić information content (AvgIpc) is 2.86. The molecule has 4 aromatic rings. The molecule has 0 N–H and O–H groups in total. The maximum atomic E-state index is 12.9. The molecule has 0 aliphatic carbocycles. The van der Waals surface area contributed by atoms with E-state index in [0.717, 1.165) is 33.2 Å². The highest BCUT2D eigenvalue weighted by atomic mass is 32.2. The summed E-state index contributed by atoms with van der Waals surface area (Å²) < 4.78 is 6.20. The van der Waals surface area contributed by atoms with Crippen LogP contribution in [-0.4, -0.2) is 28.7 Å². The molecule has 0 saturated heterocycles. The van der Waals surface area contributed by atoms with E-state index < -0.39 is 0 Å². The summed E-state index contributed by atoms with van der Waals surface area (Å²) >= 11 is 1.43. The summed E-state index contributed by atoms with van der Waals surface area (Å²) in [7, 11) is 1.80. The SMILES string of the molecule is Cc1ccc2c(c1)Cc1c(nc(-c3ccccc3)nc1SCC(=O)N(C)c1ccccc1)O2. The first-order valence-electron chi connectivity index (χ1n) is 10.8. The Morgan fingerprint density at radius 1 is 1.00 bits per heavy atom. The molecule has 3 aromatic carbocycles. The number of carbonyl (C=O) groups is 1. The molecule has 0 radical (unpaired) electrons. The van der Waals surface area contributed by atoms with Gasteiger partial charge in [-0.3, -0.25) is 4.79 Å². The largest absolute Gasteiger partial charge is 0.438 e. The summed E-state index contributed by atoms with van der Waals surface area (Å²) in [6, 6.07) is 25.6. The van der Waals surface area contributed by atoms with E-state index in [1.165, 1.54) is 17.3 Å². The van der Waals surface area contributed by atoms with Gasteiger partial charge in [0.2, 0.25) is 11.8 Å². The second-order valence-electron chi connectivity index (χ2n) is 7.97. The highest BCUT2D eigenvalue weighted by Gasteiger charge is 2.25. The Hall–Kier alpha value is -3.64. The molecule has 6 heteroatoms. The van der Waals surface area contributed by atoms with Crippen molar-refractivity contribution in [1.29, 1.82) is 0 Å². The van der Waals surface area contributed by atoms with Gasteiger partial charge in [0, 0.05) is 24.7 Å². The third-order valence-corrected chi connectivity index (χ3v) is 6.61. The summed E-state index contributed by atoms with van der Waals surface area (Å²) in [5, 5.41) is 0.779. The number of para-hydroxylation sites is 1. The molecule has 0 saturated carbocycles. The Morgan fingerprint density at radius 3 is 2.48 bits per heavy atom. The van der Waals surface area contributed by atoms with Crippen molar-refractivity contribution in [2.24, 2.45) is 0 Å². The molecule has 5 rings (SSSR count). The van der Waals surface area contributed by atoms with Gasteiger partial charge in [-0.1, -0.05) is 78.0 Å². The molecule has 0 spiro atoms. The third-order valence-electron chi connectivity index (χ3n) is 5.60. The molecule has 5 nitrogen and oxygen atoms in total. The molecule has 1 aliphatic rings. The quantitative estimate of drug-likeness (QED) is 0.245. The summed E-state index contributed by atoms with van der Waals surface area (Å²) in [4.78, 5) is 24.2. The summed E-state index contributed by atoms with van der Waals surface area (Å²) in [5.41, 5.74) is 4.98.